The first kappa shape index (κ1) is 24.0. The summed E-state index contributed by atoms with van der Waals surface area (Å²) in [7, 11) is 1.95. The molecule has 0 bridgehead atoms. The van der Waals surface area contributed by atoms with Gasteiger partial charge in [0.2, 0.25) is 5.91 Å². The molecule has 1 unspecified atom stereocenters. The van der Waals surface area contributed by atoms with Gasteiger partial charge in [0.05, 0.1) is 29.1 Å². The number of halogens is 1. The van der Waals surface area contributed by atoms with Gasteiger partial charge in [0, 0.05) is 19.3 Å². The molecule has 2 saturated carbocycles. The number of anilines is 1. The second-order valence-corrected chi connectivity index (χ2v) is 10.8. The maximum Gasteiger partial charge on any atom is 0.263 e. The van der Waals surface area contributed by atoms with E-state index >= 15 is 0 Å². The van der Waals surface area contributed by atoms with E-state index in [1.807, 2.05) is 24.9 Å². The van der Waals surface area contributed by atoms with E-state index in [-0.39, 0.29) is 17.9 Å². The fourth-order valence-corrected chi connectivity index (χ4v) is 5.43. The Morgan fingerprint density at radius 2 is 1.94 bits per heavy atom. The number of amides is 2. The van der Waals surface area contributed by atoms with E-state index in [2.05, 4.69) is 20.6 Å². The average molecular weight is 490 g/mol. The summed E-state index contributed by atoms with van der Waals surface area (Å²) >= 11 is 7.45. The van der Waals surface area contributed by atoms with Gasteiger partial charge in [-0.2, -0.15) is 0 Å². The van der Waals surface area contributed by atoms with Crippen LogP contribution in [0.2, 0.25) is 5.02 Å². The van der Waals surface area contributed by atoms with Crippen molar-refractivity contribution >= 4 is 40.4 Å². The second kappa shape index (κ2) is 10.8. The van der Waals surface area contributed by atoms with E-state index in [1.54, 1.807) is 12.4 Å². The number of pyridine rings is 1. The Morgan fingerprint density at radius 3 is 2.67 bits per heavy atom. The number of hydrogen-bond donors (Lipinski definition) is 2. The molecule has 0 aromatic carbocycles. The topological polar surface area (TPSA) is 87.2 Å². The third kappa shape index (κ3) is 6.67. The van der Waals surface area contributed by atoms with Crippen LogP contribution in [0.4, 0.5) is 5.69 Å². The van der Waals surface area contributed by atoms with Gasteiger partial charge in [-0.15, -0.1) is 11.3 Å². The zero-order valence-corrected chi connectivity index (χ0v) is 20.8. The molecule has 0 saturated heterocycles. The number of rotatable bonds is 9. The molecule has 2 aliphatic rings. The Kier molecular flexibility index (Phi) is 7.86. The summed E-state index contributed by atoms with van der Waals surface area (Å²) < 4.78 is 0. The summed E-state index contributed by atoms with van der Waals surface area (Å²) in [5, 5.41) is 7.47. The van der Waals surface area contributed by atoms with Crippen molar-refractivity contribution in [3.05, 3.63) is 39.1 Å². The molecule has 9 heteroatoms. The van der Waals surface area contributed by atoms with Gasteiger partial charge in [0.1, 0.15) is 15.9 Å². The quantitative estimate of drug-likeness (QED) is 0.542. The van der Waals surface area contributed by atoms with Crippen molar-refractivity contribution in [2.75, 3.05) is 11.9 Å². The van der Waals surface area contributed by atoms with Crippen LogP contribution in [0.5, 0.6) is 0 Å². The largest absolute Gasteiger partial charge is 0.366 e. The highest BCUT2D eigenvalue weighted by molar-refractivity contribution is 7.13. The van der Waals surface area contributed by atoms with Gasteiger partial charge in [-0.3, -0.25) is 14.6 Å². The van der Waals surface area contributed by atoms with Crippen LogP contribution in [0.25, 0.3) is 0 Å². The number of carbonyl (C=O) groups excluding carboxylic acids is 2. The molecular weight excluding hydrogens is 458 g/mol. The molecule has 2 fully saturated rings. The highest BCUT2D eigenvalue weighted by Gasteiger charge is 2.31. The average Bonchev–Trinajstić information content (AvgIpc) is 3.49. The van der Waals surface area contributed by atoms with E-state index in [4.69, 9.17) is 11.6 Å². The molecule has 0 aliphatic heterocycles. The summed E-state index contributed by atoms with van der Waals surface area (Å²) in [5.41, 5.74) is 1.80. The SMILES string of the molecule is Cc1ncc(Cl)cc1N(C)Cc1ncc(C(=O)NC(CC2CCCCC2)C(=O)NC2CC2)s1. The Labute approximate surface area is 204 Å². The molecule has 0 radical (unpaired) electrons. The zero-order valence-electron chi connectivity index (χ0n) is 19.3. The minimum atomic E-state index is -0.491. The van der Waals surface area contributed by atoms with E-state index in [9.17, 15) is 9.59 Å². The normalized spacial score (nSPS) is 17.4. The lowest BCUT2D eigenvalue weighted by molar-refractivity contribution is -0.123. The van der Waals surface area contributed by atoms with Gasteiger partial charge in [-0.1, -0.05) is 43.7 Å². The molecule has 7 nitrogen and oxygen atoms in total. The smallest absolute Gasteiger partial charge is 0.263 e. The molecule has 33 heavy (non-hydrogen) atoms. The maximum atomic E-state index is 13.0. The Balaban J connectivity index is 1.39. The van der Waals surface area contributed by atoms with Crippen molar-refractivity contribution in [2.24, 2.45) is 5.92 Å². The lowest BCUT2D eigenvalue weighted by Gasteiger charge is -2.26. The third-order valence-corrected chi connectivity index (χ3v) is 7.61. The van der Waals surface area contributed by atoms with Crippen LogP contribution in [0.15, 0.2) is 18.5 Å². The summed E-state index contributed by atoms with van der Waals surface area (Å²) in [6, 6.07) is 1.66. The van der Waals surface area contributed by atoms with E-state index in [0.717, 1.165) is 42.1 Å². The van der Waals surface area contributed by atoms with Crippen molar-refractivity contribution < 1.29 is 9.59 Å². The number of aryl methyl sites for hydroxylation is 1. The van der Waals surface area contributed by atoms with Crippen LogP contribution in [0.3, 0.4) is 0 Å². The molecule has 2 aliphatic carbocycles. The van der Waals surface area contributed by atoms with Crippen molar-refractivity contribution in [1.82, 2.24) is 20.6 Å². The van der Waals surface area contributed by atoms with Crippen LogP contribution >= 0.6 is 22.9 Å². The van der Waals surface area contributed by atoms with Crippen LogP contribution in [-0.4, -0.2) is 40.9 Å². The summed E-state index contributed by atoms with van der Waals surface area (Å²) in [6.07, 6.45) is 12.0. The van der Waals surface area contributed by atoms with Crippen LogP contribution in [0, 0.1) is 12.8 Å². The van der Waals surface area contributed by atoms with E-state index in [0.29, 0.717) is 28.8 Å². The first-order valence-corrected chi connectivity index (χ1v) is 13.0. The van der Waals surface area contributed by atoms with Crippen LogP contribution in [0.1, 0.15) is 71.7 Å². The molecule has 2 amide bonds. The van der Waals surface area contributed by atoms with E-state index in [1.165, 1.54) is 30.6 Å². The zero-order chi connectivity index (χ0) is 23.4. The van der Waals surface area contributed by atoms with Gasteiger partial charge < -0.3 is 15.5 Å². The van der Waals surface area contributed by atoms with Gasteiger partial charge in [-0.25, -0.2) is 4.98 Å². The number of hydrogen-bond acceptors (Lipinski definition) is 6. The van der Waals surface area contributed by atoms with Gasteiger partial charge in [0.25, 0.3) is 5.91 Å². The highest BCUT2D eigenvalue weighted by atomic mass is 35.5. The van der Waals surface area contributed by atoms with Crippen LogP contribution in [-0.2, 0) is 11.3 Å². The lowest BCUT2D eigenvalue weighted by Crippen LogP contribution is -2.48. The highest BCUT2D eigenvalue weighted by Crippen LogP contribution is 2.28. The molecule has 1 atom stereocenters. The Morgan fingerprint density at radius 1 is 1.18 bits per heavy atom. The predicted octanol–water partition coefficient (Wildman–Crippen LogP) is 4.48. The standard InChI is InChI=1S/C24H32ClN5O2S/c1-15-20(11-17(25)12-26-15)30(2)14-22-27-13-21(33-22)24(32)29-19(23(31)28-18-8-9-18)10-16-6-4-3-5-7-16/h11-13,16,18-19H,3-10,14H2,1-2H3,(H,28,31)(H,29,32). The van der Waals surface area contributed by atoms with E-state index < -0.39 is 6.04 Å². The predicted molar refractivity (Wildman–Crippen MR) is 132 cm³/mol. The van der Waals surface area contributed by atoms with Gasteiger partial charge in [-0.05, 0) is 38.2 Å². The van der Waals surface area contributed by atoms with Crippen molar-refractivity contribution in [1.29, 1.82) is 0 Å². The second-order valence-electron chi connectivity index (χ2n) is 9.28. The monoisotopic (exact) mass is 489 g/mol. The molecule has 2 aromatic rings. The summed E-state index contributed by atoms with van der Waals surface area (Å²) in [6.45, 7) is 2.47. The molecule has 2 heterocycles. The van der Waals surface area contributed by atoms with Crippen LogP contribution < -0.4 is 15.5 Å². The third-order valence-electron chi connectivity index (χ3n) is 6.43. The van der Waals surface area contributed by atoms with Gasteiger partial charge >= 0.3 is 0 Å². The minimum Gasteiger partial charge on any atom is -0.366 e. The van der Waals surface area contributed by atoms with Gasteiger partial charge in [0.15, 0.2) is 0 Å². The summed E-state index contributed by atoms with van der Waals surface area (Å²) in [4.78, 5) is 37.1. The molecule has 2 N–H and O–H groups in total. The molecule has 0 spiro atoms. The first-order chi connectivity index (χ1) is 15.9. The van der Waals surface area contributed by atoms with Crippen molar-refractivity contribution in [3.8, 4) is 0 Å². The maximum absolute atomic E-state index is 13.0. The Bertz CT molecular complexity index is 987. The van der Waals surface area contributed by atoms with Crippen molar-refractivity contribution in [2.45, 2.75) is 76.9 Å². The molecule has 178 valence electrons. The first-order valence-electron chi connectivity index (χ1n) is 11.8. The fraction of sp³-hybridized carbons (Fsp3) is 0.583. The summed E-state index contributed by atoms with van der Waals surface area (Å²) in [5.74, 6) is 0.216. The number of nitrogens with zero attached hydrogens (tertiary/aromatic N) is 3. The molecule has 2 aromatic heterocycles. The minimum absolute atomic E-state index is 0.0511. The van der Waals surface area contributed by atoms with Crippen molar-refractivity contribution in [3.63, 3.8) is 0 Å². The number of thiazole rings is 1. The molecular formula is C24H32ClN5O2S. The lowest BCUT2D eigenvalue weighted by atomic mass is 9.84. The number of aromatic nitrogens is 2. The fourth-order valence-electron chi connectivity index (χ4n) is 4.41. The Hall–Kier alpha value is -2.19. The number of carbonyl (C=O) groups is 2. The molecule has 4 rings (SSSR count). The number of nitrogens with one attached hydrogen (secondary N) is 2.